The van der Waals surface area contributed by atoms with Gasteiger partial charge in [0, 0.05) is 31.1 Å². The third-order valence-electron chi connectivity index (χ3n) is 16.8. The predicted octanol–water partition coefficient (Wildman–Crippen LogP) is 3.43. The minimum Gasteiger partial charge on any atom is -0.413 e. The Morgan fingerprint density at radius 2 is 0.628 bits per heavy atom. The highest BCUT2D eigenvalue weighted by molar-refractivity contribution is 7.07. The van der Waals surface area contributed by atoms with Crippen molar-refractivity contribution in [2.24, 2.45) is 11.8 Å². The standard InChI is InChI=1S/C64H68O20Si10/c1-87(47-27-29-51-49-61(65)71-63(51)67)76-89(69,55-35-15-5-16-36-55)80-93(59-43-23-9-24-44-59)82-91(57-39-19-7-20-40-57)74-85(53-31-11-3-12-32-53)73-86(54-33-13-4-14-34-54)75-92(58-41-21-8-22-42-58,79-88(2,78-91)48-28-30-52-50-62(66)72-64(52)68)83-94(84-93,60-45-25-10-26-46-60)81-90(70,77-87)56-37-17-6-18-38-56/h3-26,31-46,51-52,69-70,85-86H,27-30,47-50H2,1-2H3. The van der Waals surface area contributed by atoms with Crippen molar-refractivity contribution < 1.29 is 87.6 Å². The quantitative estimate of drug-likeness (QED) is 0.0801. The molecule has 10 unspecified atom stereocenters. The zero-order valence-corrected chi connectivity index (χ0v) is 61.6. The lowest BCUT2D eigenvalue weighted by molar-refractivity contribution is -0.155. The van der Waals surface area contributed by atoms with Gasteiger partial charge in [-0.05, 0) is 48.4 Å². The molecule has 0 spiro atoms. The first kappa shape index (κ1) is 66.3. The number of benzene rings is 8. The van der Waals surface area contributed by atoms with Crippen LogP contribution in [0.1, 0.15) is 38.5 Å². The lowest BCUT2D eigenvalue weighted by atomic mass is 10.0. The van der Waals surface area contributed by atoms with Crippen LogP contribution in [0.3, 0.4) is 0 Å². The minimum absolute atomic E-state index is 0.0169. The van der Waals surface area contributed by atoms with Crippen molar-refractivity contribution in [3.05, 3.63) is 243 Å². The summed E-state index contributed by atoms with van der Waals surface area (Å²) in [5, 5.41) is 3.00. The molecule has 13 rings (SSSR count). The maximum absolute atomic E-state index is 14.7. The second kappa shape index (κ2) is 27.6. The molecule has 5 heterocycles. The fourth-order valence-corrected chi connectivity index (χ4v) is 60.3. The SMILES string of the molecule is C[Si]1(CCCC2CC(=O)OC2=O)O[Si](O)(c2ccccc2)O[Si]2(c3ccccc3)O[Si]3(c4ccccc4)O[SiH](c4ccccc4)O[SiH](c4ccccc4)O[Si](c4ccccc4)(O[Si](C)(CCCC4CC(=O)OC4=O)O3)O[Si](c3ccccc3)(O[Si](O)(c3ccccc3)O1)O2. The maximum Gasteiger partial charge on any atom is 0.518 e. The first-order valence-corrected chi connectivity index (χ1v) is 49.6. The Balaban J connectivity index is 1.17. The number of fused-ring (bicyclic) bond motifs is 6. The Morgan fingerprint density at radius 3 is 0.936 bits per heavy atom. The molecular weight excluding hydrogens is 1370 g/mol. The van der Waals surface area contributed by atoms with Crippen molar-refractivity contribution in [3.8, 4) is 0 Å². The Morgan fingerprint density at radius 1 is 0.351 bits per heavy atom. The van der Waals surface area contributed by atoms with Crippen LogP contribution in [0.15, 0.2) is 243 Å². The molecule has 0 amide bonds. The zero-order valence-electron chi connectivity index (χ0n) is 51.3. The van der Waals surface area contributed by atoms with Crippen LogP contribution in [0.4, 0.5) is 0 Å². The van der Waals surface area contributed by atoms with Gasteiger partial charge < -0.3 is 68.4 Å². The predicted molar refractivity (Wildman–Crippen MR) is 365 cm³/mol. The molecule has 0 saturated carbocycles. The maximum atomic E-state index is 14.7. The van der Waals surface area contributed by atoms with E-state index in [0.717, 1.165) is 0 Å². The first-order chi connectivity index (χ1) is 45.4. The molecule has 8 aromatic rings. The molecular formula is C64H68O20Si10. The van der Waals surface area contributed by atoms with E-state index in [1.165, 1.54) is 0 Å². The van der Waals surface area contributed by atoms with Gasteiger partial charge in [0.2, 0.25) is 0 Å². The molecule has 30 heteroatoms. The van der Waals surface area contributed by atoms with Gasteiger partial charge in [0.15, 0.2) is 0 Å². The third-order valence-corrected chi connectivity index (χ3v) is 55.7. The van der Waals surface area contributed by atoms with Crippen molar-refractivity contribution in [1.29, 1.82) is 0 Å². The van der Waals surface area contributed by atoms with E-state index < -0.39 is 124 Å². The molecule has 0 radical (unpaired) electrons. The lowest BCUT2D eigenvalue weighted by Gasteiger charge is -2.54. The largest absolute Gasteiger partial charge is 0.518 e. The van der Waals surface area contributed by atoms with Crippen molar-refractivity contribution >= 4 is 154 Å². The Kier molecular flexibility index (Phi) is 19.5. The highest BCUT2D eigenvalue weighted by atomic mass is 28.6. The van der Waals surface area contributed by atoms with Gasteiger partial charge in [0.25, 0.3) is 0 Å². The van der Waals surface area contributed by atoms with E-state index in [1.54, 1.807) is 116 Å². The van der Waals surface area contributed by atoms with Crippen LogP contribution in [0.2, 0.25) is 25.2 Å². The van der Waals surface area contributed by atoms with Gasteiger partial charge in [-0.1, -0.05) is 255 Å². The smallest absolute Gasteiger partial charge is 0.413 e. The normalized spacial score (nSPS) is 32.3. The van der Waals surface area contributed by atoms with E-state index in [1.807, 2.05) is 140 Å². The number of carbonyl (C=O) groups excluding carboxylic acids is 4. The van der Waals surface area contributed by atoms with Gasteiger partial charge in [-0.2, -0.15) is 0 Å². The Bertz CT molecular complexity index is 3750. The van der Waals surface area contributed by atoms with Gasteiger partial charge in [0.1, 0.15) is 0 Å². The molecule has 5 aliphatic heterocycles. The lowest BCUT2D eigenvalue weighted by Crippen LogP contribution is -2.86. The van der Waals surface area contributed by atoms with E-state index in [2.05, 4.69) is 0 Å². The summed E-state index contributed by atoms with van der Waals surface area (Å²) < 4.78 is 106. The van der Waals surface area contributed by atoms with Gasteiger partial charge in [-0.25, -0.2) is 0 Å². The van der Waals surface area contributed by atoms with Crippen molar-refractivity contribution in [1.82, 2.24) is 0 Å². The molecule has 484 valence electrons. The van der Waals surface area contributed by atoms with Crippen molar-refractivity contribution in [3.63, 3.8) is 0 Å². The molecule has 0 aliphatic carbocycles. The second-order valence-corrected chi connectivity index (χ2v) is 52.6. The molecule has 10 atom stereocenters. The number of ether oxygens (including phenoxy) is 2. The summed E-state index contributed by atoms with van der Waals surface area (Å²) in [6.45, 7) is 3.58. The van der Waals surface area contributed by atoms with E-state index in [9.17, 15) is 28.8 Å². The Hall–Kier alpha value is -6.35. The van der Waals surface area contributed by atoms with E-state index in [0.29, 0.717) is 20.7 Å². The van der Waals surface area contributed by atoms with Crippen molar-refractivity contribution in [2.45, 2.75) is 63.7 Å². The molecule has 0 aromatic heterocycles. The summed E-state index contributed by atoms with van der Waals surface area (Å²) in [6.07, 6.45) is 0.531. The molecule has 5 fully saturated rings. The van der Waals surface area contributed by atoms with Crippen LogP contribution in [-0.4, -0.2) is 122 Å². The van der Waals surface area contributed by atoms with Gasteiger partial charge in [-0.15, -0.1) is 0 Å². The third kappa shape index (κ3) is 14.2. The van der Waals surface area contributed by atoms with Crippen LogP contribution in [0.25, 0.3) is 0 Å². The molecule has 5 saturated heterocycles. The molecule has 20 nitrogen and oxygen atoms in total. The average molecular weight is 1440 g/mol. The van der Waals surface area contributed by atoms with Gasteiger partial charge >= 0.3 is 112 Å². The minimum atomic E-state index is -5.60. The topological polar surface area (TPSA) is 238 Å². The van der Waals surface area contributed by atoms with Crippen LogP contribution in [0, 0.1) is 11.8 Å². The first-order valence-electron chi connectivity index (χ1n) is 31.1. The second-order valence-electron chi connectivity index (χ2n) is 23.8. The van der Waals surface area contributed by atoms with Crippen LogP contribution in [-0.2, 0) is 78.0 Å². The number of cyclic esters (lactones) is 4. The number of esters is 4. The summed E-state index contributed by atoms with van der Waals surface area (Å²) >= 11 is 0. The summed E-state index contributed by atoms with van der Waals surface area (Å²) in [4.78, 5) is 81.1. The van der Waals surface area contributed by atoms with E-state index in [4.69, 9.17) is 58.9 Å². The number of carbonyl (C=O) groups is 4. The van der Waals surface area contributed by atoms with Gasteiger partial charge in [-0.3, -0.25) is 19.2 Å². The van der Waals surface area contributed by atoms with Crippen LogP contribution >= 0.6 is 0 Å². The summed E-state index contributed by atoms with van der Waals surface area (Å²) in [5.41, 5.74) is 0. The van der Waals surface area contributed by atoms with E-state index in [-0.39, 0.29) is 71.4 Å². The van der Waals surface area contributed by atoms with Crippen LogP contribution < -0.4 is 41.5 Å². The summed E-state index contributed by atoms with van der Waals surface area (Å²) in [5.74, 6) is -4.06. The monoisotopic (exact) mass is 1440 g/mol. The zero-order chi connectivity index (χ0) is 65.1. The highest BCUT2D eigenvalue weighted by Crippen LogP contribution is 2.42. The summed E-state index contributed by atoms with van der Waals surface area (Å²) in [6, 6.07) is 72.5. The van der Waals surface area contributed by atoms with E-state index >= 15 is 0 Å². The highest BCUT2D eigenvalue weighted by Gasteiger charge is 2.75. The molecule has 2 N–H and O–H groups in total. The molecule has 94 heavy (non-hydrogen) atoms. The molecule has 8 aromatic carbocycles. The van der Waals surface area contributed by atoms with Crippen LogP contribution in [0.5, 0.6) is 0 Å². The van der Waals surface area contributed by atoms with Crippen molar-refractivity contribution in [2.75, 3.05) is 0 Å². The molecule has 4 bridgehead atoms. The summed E-state index contributed by atoms with van der Waals surface area (Å²) in [7, 11) is -48.4. The number of hydrogen-bond acceptors (Lipinski definition) is 20. The fraction of sp³-hybridized carbons (Fsp3) is 0.188. The number of hydrogen-bond donors (Lipinski definition) is 2. The van der Waals surface area contributed by atoms with Gasteiger partial charge in [0.05, 0.1) is 24.7 Å². The average Bonchev–Trinajstić information content (AvgIpc) is 0.779. The fourth-order valence-electron chi connectivity index (χ4n) is 12.2. The molecule has 5 aliphatic rings. The Labute approximate surface area is 556 Å². The number of rotatable bonds is 16.